The van der Waals surface area contributed by atoms with Crippen LogP contribution in [0.25, 0.3) is 0 Å². The molecule has 6 heteroatoms. The van der Waals surface area contributed by atoms with E-state index >= 15 is 0 Å². The molecule has 2 heterocycles. The zero-order valence-corrected chi connectivity index (χ0v) is 8.45. The van der Waals surface area contributed by atoms with Crippen molar-refractivity contribution in [3.8, 4) is 0 Å². The molecule has 1 aromatic heterocycles. The summed E-state index contributed by atoms with van der Waals surface area (Å²) in [5.74, 6) is -0.202. The molecule has 6 nitrogen and oxygen atoms in total. The van der Waals surface area contributed by atoms with Gasteiger partial charge in [-0.05, 0) is 6.92 Å². The van der Waals surface area contributed by atoms with Gasteiger partial charge in [0.2, 0.25) is 0 Å². The molecular formula is C9H13N3O3. The van der Waals surface area contributed by atoms with Crippen molar-refractivity contribution in [2.45, 2.75) is 12.5 Å². The highest BCUT2D eigenvalue weighted by Crippen LogP contribution is 2.15. The standard InChI is InChI=1S/C9H13N3O3/c1-9(5-10-6-9)14-4-8(13)12-7-2-11-15-3-7/h2-3,10H,4-6H2,1H3,(H,12,13). The van der Waals surface area contributed by atoms with Crippen LogP contribution in [0.3, 0.4) is 0 Å². The zero-order valence-electron chi connectivity index (χ0n) is 8.45. The lowest BCUT2D eigenvalue weighted by Crippen LogP contribution is -2.59. The van der Waals surface area contributed by atoms with Gasteiger partial charge >= 0.3 is 0 Å². The number of nitrogens with one attached hydrogen (secondary N) is 2. The minimum atomic E-state index is -0.202. The van der Waals surface area contributed by atoms with Crippen LogP contribution in [-0.4, -0.2) is 36.4 Å². The van der Waals surface area contributed by atoms with Crippen molar-refractivity contribution in [3.63, 3.8) is 0 Å². The van der Waals surface area contributed by atoms with Gasteiger partial charge < -0.3 is 19.9 Å². The predicted molar refractivity (Wildman–Crippen MR) is 52.4 cm³/mol. The molecule has 1 aromatic rings. The first kappa shape index (κ1) is 10.1. The van der Waals surface area contributed by atoms with Crippen LogP contribution in [-0.2, 0) is 9.53 Å². The first-order valence-electron chi connectivity index (χ1n) is 4.72. The fourth-order valence-corrected chi connectivity index (χ4v) is 1.28. The van der Waals surface area contributed by atoms with Crippen molar-refractivity contribution in [2.24, 2.45) is 0 Å². The largest absolute Gasteiger partial charge is 0.363 e. The molecule has 1 aliphatic rings. The van der Waals surface area contributed by atoms with Crippen molar-refractivity contribution in [1.29, 1.82) is 0 Å². The van der Waals surface area contributed by atoms with Gasteiger partial charge in [-0.1, -0.05) is 5.16 Å². The highest BCUT2D eigenvalue weighted by Gasteiger charge is 2.32. The Morgan fingerprint density at radius 3 is 3.13 bits per heavy atom. The molecule has 0 atom stereocenters. The number of ether oxygens (including phenoxy) is 1. The molecule has 2 rings (SSSR count). The minimum Gasteiger partial charge on any atom is -0.363 e. The molecule has 1 fully saturated rings. The van der Waals surface area contributed by atoms with Crippen molar-refractivity contribution in [1.82, 2.24) is 10.5 Å². The molecule has 82 valence electrons. The van der Waals surface area contributed by atoms with Crippen LogP contribution in [0.4, 0.5) is 5.69 Å². The van der Waals surface area contributed by atoms with Crippen LogP contribution in [0.2, 0.25) is 0 Å². The second kappa shape index (κ2) is 4.00. The molecule has 15 heavy (non-hydrogen) atoms. The number of nitrogens with zero attached hydrogens (tertiary/aromatic N) is 1. The summed E-state index contributed by atoms with van der Waals surface area (Å²) in [5, 5.41) is 9.16. The Morgan fingerprint density at radius 1 is 1.80 bits per heavy atom. The van der Waals surface area contributed by atoms with Crippen molar-refractivity contribution in [2.75, 3.05) is 25.0 Å². The monoisotopic (exact) mass is 211 g/mol. The summed E-state index contributed by atoms with van der Waals surface area (Å²) >= 11 is 0. The van der Waals surface area contributed by atoms with Gasteiger partial charge in [0.05, 0.1) is 11.8 Å². The van der Waals surface area contributed by atoms with E-state index in [1.54, 1.807) is 0 Å². The topological polar surface area (TPSA) is 76.4 Å². The molecule has 0 bridgehead atoms. The smallest absolute Gasteiger partial charge is 0.250 e. The zero-order chi connectivity index (χ0) is 10.7. The first-order valence-corrected chi connectivity index (χ1v) is 4.72. The molecule has 1 saturated heterocycles. The van der Waals surface area contributed by atoms with Gasteiger partial charge in [0.25, 0.3) is 5.91 Å². The summed E-state index contributed by atoms with van der Waals surface area (Å²) in [6, 6.07) is 0. The maximum Gasteiger partial charge on any atom is 0.250 e. The van der Waals surface area contributed by atoms with Crippen LogP contribution in [0.5, 0.6) is 0 Å². The van der Waals surface area contributed by atoms with Gasteiger partial charge in [-0.15, -0.1) is 0 Å². The third-order valence-corrected chi connectivity index (χ3v) is 2.27. The number of aromatic nitrogens is 1. The summed E-state index contributed by atoms with van der Waals surface area (Å²) in [6.07, 6.45) is 2.80. The lowest BCUT2D eigenvalue weighted by molar-refractivity contribution is -0.130. The Bertz CT molecular complexity index is 332. The van der Waals surface area contributed by atoms with Gasteiger partial charge in [0, 0.05) is 13.1 Å². The van der Waals surface area contributed by atoms with Gasteiger partial charge in [-0.25, -0.2) is 0 Å². The van der Waals surface area contributed by atoms with Crippen LogP contribution in [0, 0.1) is 0 Å². The van der Waals surface area contributed by atoms with E-state index in [9.17, 15) is 4.79 Å². The van der Waals surface area contributed by atoms with E-state index in [4.69, 9.17) is 4.74 Å². The number of anilines is 1. The number of carbonyl (C=O) groups excluding carboxylic acids is 1. The summed E-state index contributed by atoms with van der Waals surface area (Å²) in [6.45, 7) is 3.58. The van der Waals surface area contributed by atoms with E-state index in [0.717, 1.165) is 13.1 Å². The Kier molecular flexibility index (Phi) is 2.70. The molecule has 0 radical (unpaired) electrons. The van der Waals surface area contributed by atoms with Crippen molar-refractivity contribution in [3.05, 3.63) is 12.5 Å². The van der Waals surface area contributed by atoms with Crippen molar-refractivity contribution >= 4 is 11.6 Å². The number of rotatable bonds is 4. The predicted octanol–water partition coefficient (Wildman–Crippen LogP) is -0.00840. The fraction of sp³-hybridized carbons (Fsp3) is 0.556. The van der Waals surface area contributed by atoms with E-state index in [-0.39, 0.29) is 18.1 Å². The van der Waals surface area contributed by atoms with Gasteiger partial charge in [-0.3, -0.25) is 4.79 Å². The van der Waals surface area contributed by atoms with Gasteiger partial charge in [-0.2, -0.15) is 0 Å². The minimum absolute atomic E-state index is 0.0450. The lowest BCUT2D eigenvalue weighted by atomic mass is 10.0. The molecule has 0 aromatic carbocycles. The van der Waals surface area contributed by atoms with Gasteiger partial charge in [0.1, 0.15) is 18.6 Å². The van der Waals surface area contributed by atoms with Crippen LogP contribution < -0.4 is 10.6 Å². The number of hydrogen-bond acceptors (Lipinski definition) is 5. The molecule has 2 N–H and O–H groups in total. The van der Waals surface area contributed by atoms with E-state index in [2.05, 4.69) is 20.3 Å². The third kappa shape index (κ3) is 2.54. The second-order valence-electron chi connectivity index (χ2n) is 3.80. The number of hydrogen-bond donors (Lipinski definition) is 2. The molecule has 0 aliphatic carbocycles. The summed E-state index contributed by atoms with van der Waals surface area (Å²) < 4.78 is 10.0. The lowest BCUT2D eigenvalue weighted by Gasteiger charge is -2.38. The SMILES string of the molecule is CC1(OCC(=O)Nc2cnoc2)CNC1. The number of carbonyl (C=O) groups is 1. The molecule has 0 saturated carbocycles. The fourth-order valence-electron chi connectivity index (χ4n) is 1.28. The average molecular weight is 211 g/mol. The van der Waals surface area contributed by atoms with E-state index in [1.807, 2.05) is 6.92 Å². The third-order valence-electron chi connectivity index (χ3n) is 2.27. The summed E-state index contributed by atoms with van der Waals surface area (Å²) in [4.78, 5) is 11.4. The Hall–Kier alpha value is -1.40. The van der Waals surface area contributed by atoms with Crippen LogP contribution in [0.15, 0.2) is 17.0 Å². The highest BCUT2D eigenvalue weighted by molar-refractivity contribution is 5.91. The van der Waals surface area contributed by atoms with E-state index in [1.165, 1.54) is 12.5 Å². The number of amides is 1. The highest BCUT2D eigenvalue weighted by atomic mass is 16.5. The maximum absolute atomic E-state index is 11.4. The van der Waals surface area contributed by atoms with Crippen LogP contribution >= 0.6 is 0 Å². The Morgan fingerprint density at radius 2 is 2.60 bits per heavy atom. The molecule has 0 spiro atoms. The molecule has 1 amide bonds. The normalized spacial score (nSPS) is 18.2. The van der Waals surface area contributed by atoms with Crippen LogP contribution in [0.1, 0.15) is 6.92 Å². The van der Waals surface area contributed by atoms with E-state index in [0.29, 0.717) is 5.69 Å². The Balaban J connectivity index is 1.73. The molecular weight excluding hydrogens is 198 g/mol. The second-order valence-corrected chi connectivity index (χ2v) is 3.80. The summed E-state index contributed by atoms with van der Waals surface area (Å²) in [5.41, 5.74) is 0.340. The Labute approximate surface area is 87.0 Å². The first-order chi connectivity index (χ1) is 7.18. The quantitative estimate of drug-likeness (QED) is 0.732. The van der Waals surface area contributed by atoms with Gasteiger partial charge in [0.15, 0.2) is 0 Å². The average Bonchev–Trinajstić information content (AvgIpc) is 2.64. The summed E-state index contributed by atoms with van der Waals surface area (Å²) in [7, 11) is 0. The van der Waals surface area contributed by atoms with E-state index < -0.39 is 0 Å². The molecule has 0 unspecified atom stereocenters. The molecule has 1 aliphatic heterocycles. The maximum atomic E-state index is 11.4. The van der Waals surface area contributed by atoms with Crippen molar-refractivity contribution < 1.29 is 14.1 Å².